The molecule has 1 aromatic rings. The van der Waals surface area contributed by atoms with Crippen molar-refractivity contribution < 1.29 is 27.5 Å². The number of primary amides is 1. The Labute approximate surface area is 110 Å². The number of amides is 2. The molecule has 0 heterocycles. The second kappa shape index (κ2) is 5.79. The third-order valence-corrected chi connectivity index (χ3v) is 2.13. The molecule has 0 aromatic heterocycles. The Morgan fingerprint density at radius 2 is 2.00 bits per heavy atom. The first-order valence-corrected chi connectivity index (χ1v) is 5.32. The summed E-state index contributed by atoms with van der Waals surface area (Å²) in [5.41, 5.74) is 4.66. The van der Waals surface area contributed by atoms with Gasteiger partial charge in [0.25, 0.3) is 5.91 Å². The van der Waals surface area contributed by atoms with Gasteiger partial charge in [-0.05, 0) is 12.1 Å². The number of anilines is 1. The van der Waals surface area contributed by atoms with E-state index in [0.717, 1.165) is 18.2 Å². The molecule has 0 aliphatic carbocycles. The summed E-state index contributed by atoms with van der Waals surface area (Å²) in [6, 6.07) is 2.75. The molecule has 0 radical (unpaired) electrons. The minimum Gasteiger partial charge on any atom is -0.406 e. The first-order valence-electron chi connectivity index (χ1n) is 4.78. The number of hydrogen-bond donors (Lipinski definition) is 2. The van der Waals surface area contributed by atoms with Gasteiger partial charge in [-0.25, -0.2) is 0 Å². The molecule has 0 aliphatic heterocycles. The van der Waals surface area contributed by atoms with Crippen LogP contribution in [-0.4, -0.2) is 24.1 Å². The van der Waals surface area contributed by atoms with Crippen molar-refractivity contribution in [2.75, 3.05) is 11.2 Å². The maximum Gasteiger partial charge on any atom is 0.573 e. The van der Waals surface area contributed by atoms with Gasteiger partial charge >= 0.3 is 6.36 Å². The molecule has 5 nitrogen and oxygen atoms in total. The minimum absolute atomic E-state index is 0.159. The Balaban J connectivity index is 3.11. The van der Waals surface area contributed by atoms with Crippen LogP contribution in [0.15, 0.2) is 18.2 Å². The molecule has 0 fully saturated rings. The summed E-state index contributed by atoms with van der Waals surface area (Å²) in [5, 5.41) is 2.15. The highest BCUT2D eigenvalue weighted by atomic mass is 35.5. The summed E-state index contributed by atoms with van der Waals surface area (Å²) in [7, 11) is 0. The van der Waals surface area contributed by atoms with E-state index in [4.69, 9.17) is 17.3 Å². The van der Waals surface area contributed by atoms with E-state index < -0.39 is 29.8 Å². The highest BCUT2D eigenvalue weighted by molar-refractivity contribution is 6.29. The molecule has 1 aromatic carbocycles. The zero-order valence-corrected chi connectivity index (χ0v) is 10.0. The number of hydrogen-bond acceptors (Lipinski definition) is 3. The topological polar surface area (TPSA) is 81.4 Å². The number of halogens is 4. The Bertz CT molecular complexity index is 505. The van der Waals surface area contributed by atoms with Gasteiger partial charge in [-0.15, -0.1) is 24.8 Å². The van der Waals surface area contributed by atoms with Crippen molar-refractivity contribution in [3.05, 3.63) is 23.8 Å². The Hall–Kier alpha value is -1.96. The van der Waals surface area contributed by atoms with Gasteiger partial charge in [0.1, 0.15) is 11.6 Å². The normalized spacial score (nSPS) is 10.9. The molecule has 1 rings (SSSR count). The number of carbonyl (C=O) groups is 2. The van der Waals surface area contributed by atoms with Gasteiger partial charge in [0, 0.05) is 6.07 Å². The molecule has 0 aliphatic rings. The molecular weight excluding hydrogens is 289 g/mol. The van der Waals surface area contributed by atoms with Crippen LogP contribution in [0.25, 0.3) is 0 Å². The lowest BCUT2D eigenvalue weighted by molar-refractivity contribution is -0.274. The SMILES string of the molecule is NC(=O)c1ccc(OC(F)(F)F)cc1NC(=O)CCl. The molecule has 0 atom stereocenters. The van der Waals surface area contributed by atoms with E-state index in [2.05, 4.69) is 10.1 Å². The molecule has 2 amide bonds. The van der Waals surface area contributed by atoms with Gasteiger partial charge in [-0.2, -0.15) is 0 Å². The van der Waals surface area contributed by atoms with Gasteiger partial charge in [0.05, 0.1) is 11.3 Å². The maximum absolute atomic E-state index is 12.0. The van der Waals surface area contributed by atoms with Crippen LogP contribution in [0, 0.1) is 0 Å². The lowest BCUT2D eigenvalue weighted by Gasteiger charge is -2.12. The average Bonchev–Trinajstić information content (AvgIpc) is 2.26. The van der Waals surface area contributed by atoms with Gasteiger partial charge < -0.3 is 15.8 Å². The fourth-order valence-electron chi connectivity index (χ4n) is 1.22. The molecule has 19 heavy (non-hydrogen) atoms. The van der Waals surface area contributed by atoms with Crippen LogP contribution < -0.4 is 15.8 Å². The van der Waals surface area contributed by atoms with Crippen LogP contribution in [0.4, 0.5) is 18.9 Å². The van der Waals surface area contributed by atoms with E-state index in [0.29, 0.717) is 0 Å². The second-order valence-corrected chi connectivity index (χ2v) is 3.57. The van der Waals surface area contributed by atoms with Crippen molar-refractivity contribution in [1.29, 1.82) is 0 Å². The second-order valence-electron chi connectivity index (χ2n) is 3.30. The molecule has 0 saturated heterocycles. The van der Waals surface area contributed by atoms with Crippen LogP contribution in [0.2, 0.25) is 0 Å². The third-order valence-electron chi connectivity index (χ3n) is 1.89. The van der Waals surface area contributed by atoms with E-state index in [1.165, 1.54) is 0 Å². The predicted molar refractivity (Wildman–Crippen MR) is 61.0 cm³/mol. The molecule has 0 saturated carbocycles. The number of nitrogens with one attached hydrogen (secondary N) is 1. The molecule has 3 N–H and O–H groups in total. The third kappa shape index (κ3) is 4.66. The van der Waals surface area contributed by atoms with Crippen molar-refractivity contribution in [3.63, 3.8) is 0 Å². The number of carbonyl (C=O) groups excluding carboxylic acids is 2. The number of alkyl halides is 4. The summed E-state index contributed by atoms with van der Waals surface area (Å²) in [6.07, 6.45) is -4.89. The van der Waals surface area contributed by atoms with E-state index in [-0.39, 0.29) is 11.3 Å². The summed E-state index contributed by atoms with van der Waals surface area (Å²) >= 11 is 5.24. The number of ether oxygens (including phenoxy) is 1. The Kier molecular flexibility index (Phi) is 4.60. The van der Waals surface area contributed by atoms with Gasteiger partial charge in [0.15, 0.2) is 0 Å². The zero-order valence-electron chi connectivity index (χ0n) is 9.25. The summed E-state index contributed by atoms with van der Waals surface area (Å²) in [6.45, 7) is 0. The predicted octanol–water partition coefficient (Wildman–Crippen LogP) is 1.86. The number of benzene rings is 1. The standard InChI is InChI=1S/C10H8ClF3N2O3/c11-4-8(17)16-7-3-5(19-10(12,13)14)1-2-6(7)9(15)18/h1-3H,4H2,(H2,15,18)(H,16,17). The number of rotatable bonds is 4. The quantitative estimate of drug-likeness (QED) is 0.832. The highest BCUT2D eigenvalue weighted by Gasteiger charge is 2.31. The van der Waals surface area contributed by atoms with Crippen molar-refractivity contribution in [2.24, 2.45) is 5.73 Å². The molecule has 0 spiro atoms. The van der Waals surface area contributed by atoms with E-state index in [1.807, 2.05) is 0 Å². The molecule has 0 bridgehead atoms. The van der Waals surface area contributed by atoms with Crippen LogP contribution >= 0.6 is 11.6 Å². The van der Waals surface area contributed by atoms with Gasteiger partial charge in [-0.3, -0.25) is 9.59 Å². The average molecular weight is 297 g/mol. The lowest BCUT2D eigenvalue weighted by Crippen LogP contribution is -2.20. The smallest absolute Gasteiger partial charge is 0.406 e. The molecule has 0 unspecified atom stereocenters. The summed E-state index contributed by atoms with van der Waals surface area (Å²) < 4.78 is 39.8. The van der Waals surface area contributed by atoms with Gasteiger partial charge in [-0.1, -0.05) is 0 Å². The van der Waals surface area contributed by atoms with Gasteiger partial charge in [0.2, 0.25) is 5.91 Å². The summed E-state index contributed by atoms with van der Waals surface area (Å²) in [5.74, 6) is -2.64. The Morgan fingerprint density at radius 3 is 2.47 bits per heavy atom. The lowest BCUT2D eigenvalue weighted by atomic mass is 10.1. The van der Waals surface area contributed by atoms with Crippen LogP contribution in [0.5, 0.6) is 5.75 Å². The fourth-order valence-corrected chi connectivity index (χ4v) is 1.29. The van der Waals surface area contributed by atoms with E-state index in [9.17, 15) is 22.8 Å². The van der Waals surface area contributed by atoms with Crippen LogP contribution in [-0.2, 0) is 4.79 Å². The minimum atomic E-state index is -4.89. The van der Waals surface area contributed by atoms with Crippen molar-refractivity contribution >= 4 is 29.1 Å². The van der Waals surface area contributed by atoms with E-state index >= 15 is 0 Å². The maximum atomic E-state index is 12.0. The van der Waals surface area contributed by atoms with Crippen molar-refractivity contribution in [1.82, 2.24) is 0 Å². The largest absolute Gasteiger partial charge is 0.573 e. The van der Waals surface area contributed by atoms with E-state index in [1.54, 1.807) is 0 Å². The molecule has 9 heteroatoms. The van der Waals surface area contributed by atoms with Crippen LogP contribution in [0.1, 0.15) is 10.4 Å². The van der Waals surface area contributed by atoms with Crippen molar-refractivity contribution in [3.8, 4) is 5.75 Å². The monoisotopic (exact) mass is 296 g/mol. The first-order chi connectivity index (χ1) is 8.73. The zero-order chi connectivity index (χ0) is 14.6. The van der Waals surface area contributed by atoms with Crippen LogP contribution in [0.3, 0.4) is 0 Å². The number of nitrogens with two attached hydrogens (primary N) is 1. The van der Waals surface area contributed by atoms with Crippen molar-refractivity contribution in [2.45, 2.75) is 6.36 Å². The fraction of sp³-hybridized carbons (Fsp3) is 0.200. The summed E-state index contributed by atoms with van der Waals surface area (Å²) in [4.78, 5) is 22.2. The first kappa shape index (κ1) is 15.1. The highest BCUT2D eigenvalue weighted by Crippen LogP contribution is 2.27. The Morgan fingerprint density at radius 1 is 1.37 bits per heavy atom. The molecule has 104 valence electrons. The molecular formula is C10H8ClF3N2O3.